The van der Waals surface area contributed by atoms with Gasteiger partial charge in [-0.15, -0.1) is 0 Å². The minimum absolute atomic E-state index is 0.286. The first-order chi connectivity index (χ1) is 9.74. The van der Waals surface area contributed by atoms with Gasteiger partial charge in [0.15, 0.2) is 5.11 Å². The molecule has 20 heavy (non-hydrogen) atoms. The van der Waals surface area contributed by atoms with Crippen molar-refractivity contribution in [2.45, 2.75) is 18.9 Å². The predicted molar refractivity (Wildman–Crippen MR) is 88.3 cm³/mol. The molecule has 3 rings (SSSR count). The molecule has 0 heterocycles. The lowest BCUT2D eigenvalue weighted by molar-refractivity contribution is 0.644. The molecule has 4 heteroatoms. The largest absolute Gasteiger partial charge is 0.356 e. The van der Waals surface area contributed by atoms with Crippen molar-refractivity contribution >= 4 is 34.6 Å². The Morgan fingerprint density at radius 2 is 1.85 bits per heavy atom. The van der Waals surface area contributed by atoms with Gasteiger partial charge < -0.3 is 10.6 Å². The monoisotopic (exact) mass is 302 g/mol. The molecule has 0 saturated carbocycles. The van der Waals surface area contributed by atoms with E-state index in [0.717, 1.165) is 18.5 Å². The highest BCUT2D eigenvalue weighted by Gasteiger charge is 2.22. The van der Waals surface area contributed by atoms with Crippen LogP contribution in [0.15, 0.2) is 48.5 Å². The summed E-state index contributed by atoms with van der Waals surface area (Å²) in [5, 5.41) is 7.81. The number of para-hydroxylation sites is 1. The third-order valence-electron chi connectivity index (χ3n) is 3.56. The maximum atomic E-state index is 6.12. The standard InChI is InChI=1S/C16H15ClN2S/c17-13-7-3-4-8-15(13)19-16(20)18-14-10-9-11-5-1-2-6-12(11)14/h1-8,14H,9-10H2,(H2,18,19,20). The van der Waals surface area contributed by atoms with Crippen LogP contribution in [0.4, 0.5) is 5.69 Å². The Hall–Kier alpha value is -1.58. The lowest BCUT2D eigenvalue weighted by Crippen LogP contribution is -2.31. The molecule has 102 valence electrons. The fraction of sp³-hybridized carbons (Fsp3) is 0.188. The van der Waals surface area contributed by atoms with E-state index >= 15 is 0 Å². The summed E-state index contributed by atoms with van der Waals surface area (Å²) in [7, 11) is 0. The number of thiocarbonyl (C=S) groups is 1. The summed E-state index contributed by atoms with van der Waals surface area (Å²) in [5.41, 5.74) is 3.58. The molecule has 0 amide bonds. The molecule has 1 unspecified atom stereocenters. The van der Waals surface area contributed by atoms with Gasteiger partial charge in [0, 0.05) is 0 Å². The Bertz CT molecular complexity index is 642. The van der Waals surface area contributed by atoms with Crippen molar-refractivity contribution in [2.75, 3.05) is 5.32 Å². The molecule has 2 aromatic carbocycles. The molecule has 1 aliphatic carbocycles. The Morgan fingerprint density at radius 1 is 1.10 bits per heavy atom. The number of halogens is 1. The molecular weight excluding hydrogens is 288 g/mol. The van der Waals surface area contributed by atoms with Gasteiger partial charge in [-0.3, -0.25) is 0 Å². The molecule has 1 atom stereocenters. The van der Waals surface area contributed by atoms with Crippen molar-refractivity contribution in [3.8, 4) is 0 Å². The predicted octanol–water partition coefficient (Wildman–Crippen LogP) is 4.31. The highest BCUT2D eigenvalue weighted by atomic mass is 35.5. The number of fused-ring (bicyclic) bond motifs is 1. The van der Waals surface area contributed by atoms with Gasteiger partial charge in [0.2, 0.25) is 0 Å². The first-order valence-electron chi connectivity index (χ1n) is 6.64. The van der Waals surface area contributed by atoms with Crippen LogP contribution < -0.4 is 10.6 Å². The third kappa shape index (κ3) is 2.79. The van der Waals surface area contributed by atoms with Crippen molar-refractivity contribution in [1.82, 2.24) is 5.32 Å². The second-order valence-corrected chi connectivity index (χ2v) is 5.68. The van der Waals surface area contributed by atoms with Gasteiger partial charge in [0.05, 0.1) is 16.8 Å². The average Bonchev–Trinajstić information content (AvgIpc) is 2.85. The molecule has 0 aromatic heterocycles. The third-order valence-corrected chi connectivity index (χ3v) is 4.11. The fourth-order valence-corrected chi connectivity index (χ4v) is 3.02. The van der Waals surface area contributed by atoms with Crippen LogP contribution in [0.3, 0.4) is 0 Å². The molecule has 0 saturated heterocycles. The zero-order valence-electron chi connectivity index (χ0n) is 10.9. The van der Waals surface area contributed by atoms with E-state index in [4.69, 9.17) is 23.8 Å². The first-order valence-corrected chi connectivity index (χ1v) is 7.42. The van der Waals surface area contributed by atoms with E-state index in [1.54, 1.807) is 0 Å². The molecule has 0 radical (unpaired) electrons. The molecule has 2 aromatic rings. The molecule has 1 aliphatic rings. The molecular formula is C16H15ClN2S. The van der Waals surface area contributed by atoms with E-state index in [0.29, 0.717) is 10.1 Å². The van der Waals surface area contributed by atoms with Crippen molar-refractivity contribution in [2.24, 2.45) is 0 Å². The quantitative estimate of drug-likeness (QED) is 0.808. The molecule has 0 aliphatic heterocycles. The molecule has 0 bridgehead atoms. The number of hydrogen-bond donors (Lipinski definition) is 2. The number of hydrogen-bond acceptors (Lipinski definition) is 1. The van der Waals surface area contributed by atoms with Crippen LogP contribution in [0.25, 0.3) is 0 Å². The van der Waals surface area contributed by atoms with E-state index in [2.05, 4.69) is 34.9 Å². The Morgan fingerprint density at radius 3 is 2.70 bits per heavy atom. The summed E-state index contributed by atoms with van der Waals surface area (Å²) >= 11 is 11.5. The lowest BCUT2D eigenvalue weighted by Gasteiger charge is -2.17. The maximum Gasteiger partial charge on any atom is 0.171 e. The second-order valence-electron chi connectivity index (χ2n) is 4.87. The number of aryl methyl sites for hydroxylation is 1. The Balaban J connectivity index is 1.68. The van der Waals surface area contributed by atoms with Gasteiger partial charge in [-0.05, 0) is 48.3 Å². The van der Waals surface area contributed by atoms with Crippen LogP contribution in [0, 0.1) is 0 Å². The Labute approximate surface area is 129 Å². The van der Waals surface area contributed by atoms with Crippen LogP contribution in [-0.4, -0.2) is 5.11 Å². The molecule has 2 N–H and O–H groups in total. The van der Waals surface area contributed by atoms with Gasteiger partial charge in [0.1, 0.15) is 0 Å². The summed E-state index contributed by atoms with van der Waals surface area (Å²) in [6.45, 7) is 0. The summed E-state index contributed by atoms with van der Waals surface area (Å²) in [6.07, 6.45) is 2.17. The number of benzene rings is 2. The minimum atomic E-state index is 0.286. The maximum absolute atomic E-state index is 6.12. The number of rotatable bonds is 2. The van der Waals surface area contributed by atoms with Gasteiger partial charge in [-0.25, -0.2) is 0 Å². The summed E-state index contributed by atoms with van der Waals surface area (Å²) in [6, 6.07) is 16.4. The van der Waals surface area contributed by atoms with Gasteiger partial charge >= 0.3 is 0 Å². The van der Waals surface area contributed by atoms with Gasteiger partial charge in [0.25, 0.3) is 0 Å². The summed E-state index contributed by atoms with van der Waals surface area (Å²) in [5.74, 6) is 0. The van der Waals surface area contributed by atoms with E-state index in [9.17, 15) is 0 Å². The van der Waals surface area contributed by atoms with E-state index in [1.807, 2.05) is 24.3 Å². The van der Waals surface area contributed by atoms with Gasteiger partial charge in [-0.1, -0.05) is 48.0 Å². The average molecular weight is 303 g/mol. The van der Waals surface area contributed by atoms with Crippen LogP contribution in [0.2, 0.25) is 5.02 Å². The lowest BCUT2D eigenvalue weighted by atomic mass is 10.1. The molecule has 0 spiro atoms. The van der Waals surface area contributed by atoms with Crippen LogP contribution >= 0.6 is 23.8 Å². The van der Waals surface area contributed by atoms with Crippen LogP contribution in [0.1, 0.15) is 23.6 Å². The topological polar surface area (TPSA) is 24.1 Å². The van der Waals surface area contributed by atoms with E-state index in [1.165, 1.54) is 11.1 Å². The molecule has 0 fully saturated rings. The van der Waals surface area contributed by atoms with Crippen molar-refractivity contribution in [3.63, 3.8) is 0 Å². The van der Waals surface area contributed by atoms with E-state index < -0.39 is 0 Å². The first kappa shape index (κ1) is 13.4. The normalized spacial score (nSPS) is 16.6. The summed E-state index contributed by atoms with van der Waals surface area (Å²) in [4.78, 5) is 0. The zero-order chi connectivity index (χ0) is 13.9. The number of anilines is 1. The van der Waals surface area contributed by atoms with Crippen molar-refractivity contribution < 1.29 is 0 Å². The Kier molecular flexibility index (Phi) is 3.90. The van der Waals surface area contributed by atoms with E-state index in [-0.39, 0.29) is 6.04 Å². The van der Waals surface area contributed by atoms with Gasteiger partial charge in [-0.2, -0.15) is 0 Å². The zero-order valence-corrected chi connectivity index (χ0v) is 12.5. The van der Waals surface area contributed by atoms with Crippen LogP contribution in [0.5, 0.6) is 0 Å². The highest BCUT2D eigenvalue weighted by molar-refractivity contribution is 7.80. The summed E-state index contributed by atoms with van der Waals surface area (Å²) < 4.78 is 0. The fourth-order valence-electron chi connectivity index (χ4n) is 2.59. The number of nitrogens with one attached hydrogen (secondary N) is 2. The highest BCUT2D eigenvalue weighted by Crippen LogP contribution is 2.30. The molecule has 2 nitrogen and oxygen atoms in total. The smallest absolute Gasteiger partial charge is 0.171 e. The van der Waals surface area contributed by atoms with Crippen molar-refractivity contribution in [1.29, 1.82) is 0 Å². The minimum Gasteiger partial charge on any atom is -0.356 e. The van der Waals surface area contributed by atoms with Crippen LogP contribution in [-0.2, 0) is 6.42 Å². The SMILES string of the molecule is S=C(Nc1ccccc1Cl)NC1CCc2ccccc21. The van der Waals surface area contributed by atoms with Crippen molar-refractivity contribution in [3.05, 3.63) is 64.7 Å². The second kappa shape index (κ2) is 5.81.